The van der Waals surface area contributed by atoms with Crippen LogP contribution in [0.2, 0.25) is 5.02 Å². The van der Waals surface area contributed by atoms with E-state index in [1.165, 1.54) is 31.4 Å². The molecule has 1 unspecified atom stereocenters. The largest absolute Gasteiger partial charge is 0.469 e. The number of halogens is 2. The Bertz CT molecular complexity index is 953. The van der Waals surface area contributed by atoms with Gasteiger partial charge in [0.05, 0.1) is 19.6 Å². The molecular formula is C19H16ClFN2O3. The average Bonchev–Trinajstić information content (AvgIpc) is 3.05. The number of benzene rings is 2. The maximum Gasteiger partial charge on any atom is 0.307 e. The maximum absolute atomic E-state index is 13.2. The second-order valence-corrected chi connectivity index (χ2v) is 6.21. The van der Waals surface area contributed by atoms with Crippen LogP contribution in [0, 0.1) is 5.82 Å². The Morgan fingerprint density at radius 3 is 2.62 bits per heavy atom. The first-order valence-electron chi connectivity index (χ1n) is 7.87. The highest BCUT2D eigenvalue weighted by atomic mass is 35.5. The quantitative estimate of drug-likeness (QED) is 0.663. The molecule has 3 aromatic rings. The molecule has 134 valence electrons. The molecular weight excluding hydrogens is 359 g/mol. The van der Waals surface area contributed by atoms with E-state index in [1.807, 2.05) is 0 Å². The van der Waals surface area contributed by atoms with Gasteiger partial charge in [0, 0.05) is 15.9 Å². The number of hydrogen-bond acceptors (Lipinski definition) is 3. The van der Waals surface area contributed by atoms with Crippen molar-refractivity contribution in [3.05, 3.63) is 70.6 Å². The summed E-state index contributed by atoms with van der Waals surface area (Å²) in [5.74, 6) is -1.28. The summed E-state index contributed by atoms with van der Waals surface area (Å²) in [6.45, 7) is 0. The summed E-state index contributed by atoms with van der Waals surface area (Å²) in [7, 11) is 1.27. The third kappa shape index (κ3) is 4.03. The molecule has 5 nitrogen and oxygen atoms in total. The molecule has 0 aliphatic heterocycles. The maximum atomic E-state index is 13.2. The van der Waals surface area contributed by atoms with Gasteiger partial charge in [-0.15, -0.1) is 0 Å². The molecule has 0 fully saturated rings. The minimum atomic E-state index is -0.648. The Labute approximate surface area is 154 Å². The third-order valence-electron chi connectivity index (χ3n) is 4.01. The SMILES string of the molecule is COC(=O)CC(NC(=O)c1cc2ccc(Cl)cc2[nH]1)c1ccc(F)cc1. The lowest BCUT2D eigenvalue weighted by atomic mass is 10.0. The van der Waals surface area contributed by atoms with E-state index in [-0.39, 0.29) is 6.42 Å². The lowest BCUT2D eigenvalue weighted by Crippen LogP contribution is -2.30. The molecule has 1 aromatic heterocycles. The second-order valence-electron chi connectivity index (χ2n) is 5.77. The standard InChI is InChI=1S/C19H16ClFN2O3/c1-26-18(24)10-16(11-3-6-14(21)7-4-11)23-19(25)17-8-12-2-5-13(20)9-15(12)22-17/h2-9,16,22H,10H2,1H3,(H,23,25). The number of methoxy groups -OCH3 is 1. The Hall–Kier alpha value is -2.86. The van der Waals surface area contributed by atoms with E-state index in [4.69, 9.17) is 11.6 Å². The van der Waals surface area contributed by atoms with Gasteiger partial charge < -0.3 is 15.0 Å². The number of H-pyrrole nitrogens is 1. The number of esters is 1. The van der Waals surface area contributed by atoms with Crippen molar-refractivity contribution in [3.63, 3.8) is 0 Å². The van der Waals surface area contributed by atoms with Gasteiger partial charge in [-0.1, -0.05) is 29.8 Å². The van der Waals surface area contributed by atoms with Crippen molar-refractivity contribution in [1.82, 2.24) is 10.3 Å². The Morgan fingerprint density at radius 1 is 1.19 bits per heavy atom. The van der Waals surface area contributed by atoms with Gasteiger partial charge >= 0.3 is 5.97 Å². The van der Waals surface area contributed by atoms with Crippen molar-refractivity contribution in [2.75, 3.05) is 7.11 Å². The molecule has 0 aliphatic rings. The zero-order chi connectivity index (χ0) is 18.7. The van der Waals surface area contributed by atoms with Gasteiger partial charge in [0.15, 0.2) is 0 Å². The average molecular weight is 375 g/mol. The monoisotopic (exact) mass is 374 g/mol. The van der Waals surface area contributed by atoms with Crippen LogP contribution in [0.5, 0.6) is 0 Å². The van der Waals surface area contributed by atoms with E-state index in [0.717, 1.165) is 10.9 Å². The van der Waals surface area contributed by atoms with Crippen LogP contribution >= 0.6 is 11.6 Å². The first-order chi connectivity index (χ1) is 12.5. The highest BCUT2D eigenvalue weighted by molar-refractivity contribution is 6.31. The molecule has 7 heteroatoms. The van der Waals surface area contributed by atoms with Crippen LogP contribution in [0.3, 0.4) is 0 Å². The van der Waals surface area contributed by atoms with Crippen LogP contribution in [-0.2, 0) is 9.53 Å². The predicted molar refractivity (Wildman–Crippen MR) is 96.5 cm³/mol. The number of amides is 1. The first-order valence-corrected chi connectivity index (χ1v) is 8.25. The fraction of sp³-hybridized carbons (Fsp3) is 0.158. The molecule has 0 aliphatic carbocycles. The molecule has 26 heavy (non-hydrogen) atoms. The van der Waals surface area contributed by atoms with Crippen LogP contribution in [0.15, 0.2) is 48.5 Å². The summed E-state index contributed by atoms with van der Waals surface area (Å²) in [6, 6.07) is 11.9. The number of carbonyl (C=O) groups is 2. The van der Waals surface area contributed by atoms with Crippen LogP contribution in [0.4, 0.5) is 4.39 Å². The summed E-state index contributed by atoms with van der Waals surface area (Å²) in [5.41, 5.74) is 1.66. The van der Waals surface area contributed by atoms with Crippen molar-refractivity contribution in [3.8, 4) is 0 Å². The lowest BCUT2D eigenvalue weighted by molar-refractivity contribution is -0.141. The Balaban J connectivity index is 1.85. The van der Waals surface area contributed by atoms with Gasteiger partial charge in [-0.05, 0) is 35.9 Å². The van der Waals surface area contributed by atoms with E-state index < -0.39 is 23.7 Å². The number of fused-ring (bicyclic) bond motifs is 1. The number of aromatic amines is 1. The fourth-order valence-corrected chi connectivity index (χ4v) is 2.83. The van der Waals surface area contributed by atoms with Gasteiger partial charge in [0.2, 0.25) is 0 Å². The van der Waals surface area contributed by atoms with E-state index >= 15 is 0 Å². The fourth-order valence-electron chi connectivity index (χ4n) is 2.65. The summed E-state index contributed by atoms with van der Waals surface area (Å²) in [5, 5.41) is 4.18. The molecule has 0 bridgehead atoms. The van der Waals surface area contributed by atoms with E-state index in [9.17, 15) is 14.0 Å². The van der Waals surface area contributed by atoms with Crippen LogP contribution < -0.4 is 5.32 Å². The Morgan fingerprint density at radius 2 is 1.92 bits per heavy atom. The van der Waals surface area contributed by atoms with Crippen molar-refractivity contribution in [2.24, 2.45) is 0 Å². The van der Waals surface area contributed by atoms with Crippen LogP contribution in [0.25, 0.3) is 10.9 Å². The van der Waals surface area contributed by atoms with Crippen molar-refractivity contribution < 1.29 is 18.7 Å². The number of rotatable bonds is 5. The molecule has 1 amide bonds. The van der Waals surface area contributed by atoms with Gasteiger partial charge in [-0.2, -0.15) is 0 Å². The summed E-state index contributed by atoms with van der Waals surface area (Å²) in [6.07, 6.45) is -0.0695. The normalized spacial score (nSPS) is 12.0. The van der Waals surface area contributed by atoms with Crippen molar-refractivity contribution >= 4 is 34.4 Å². The molecule has 1 heterocycles. The summed E-state index contributed by atoms with van der Waals surface area (Å²) < 4.78 is 17.8. The first kappa shape index (κ1) is 17.9. The second kappa shape index (κ2) is 7.58. The lowest BCUT2D eigenvalue weighted by Gasteiger charge is -2.18. The minimum Gasteiger partial charge on any atom is -0.469 e. The van der Waals surface area contributed by atoms with Gasteiger partial charge in [0.1, 0.15) is 11.5 Å². The smallest absolute Gasteiger partial charge is 0.307 e. The highest BCUT2D eigenvalue weighted by Crippen LogP contribution is 2.22. The molecule has 0 saturated carbocycles. The molecule has 0 spiro atoms. The minimum absolute atomic E-state index is 0.0695. The van der Waals surface area contributed by atoms with Gasteiger partial charge in [-0.3, -0.25) is 9.59 Å². The summed E-state index contributed by atoms with van der Waals surface area (Å²) in [4.78, 5) is 27.3. The van der Waals surface area contributed by atoms with Crippen LogP contribution in [-0.4, -0.2) is 24.0 Å². The number of hydrogen-bond donors (Lipinski definition) is 2. The number of carbonyl (C=O) groups excluding carboxylic acids is 2. The molecule has 0 radical (unpaired) electrons. The molecule has 2 N–H and O–H groups in total. The van der Waals surface area contributed by atoms with Crippen LogP contribution in [0.1, 0.15) is 28.5 Å². The number of ether oxygens (including phenoxy) is 1. The third-order valence-corrected chi connectivity index (χ3v) is 4.24. The zero-order valence-electron chi connectivity index (χ0n) is 13.9. The zero-order valence-corrected chi connectivity index (χ0v) is 14.6. The van der Waals surface area contributed by atoms with E-state index in [1.54, 1.807) is 24.3 Å². The Kier molecular flexibility index (Phi) is 5.23. The van der Waals surface area contributed by atoms with E-state index in [0.29, 0.717) is 16.3 Å². The van der Waals surface area contributed by atoms with Gasteiger partial charge in [-0.25, -0.2) is 4.39 Å². The predicted octanol–water partition coefficient (Wildman–Crippen LogP) is 3.99. The van der Waals surface area contributed by atoms with Crippen molar-refractivity contribution in [2.45, 2.75) is 12.5 Å². The summed E-state index contributed by atoms with van der Waals surface area (Å²) >= 11 is 5.96. The topological polar surface area (TPSA) is 71.2 Å². The number of aromatic nitrogens is 1. The highest BCUT2D eigenvalue weighted by Gasteiger charge is 2.21. The van der Waals surface area contributed by atoms with Crippen molar-refractivity contribution in [1.29, 1.82) is 0 Å². The number of nitrogens with one attached hydrogen (secondary N) is 2. The molecule has 1 atom stereocenters. The molecule has 3 rings (SSSR count). The molecule has 0 saturated heterocycles. The van der Waals surface area contributed by atoms with E-state index in [2.05, 4.69) is 15.0 Å². The molecule has 2 aromatic carbocycles. The van der Waals surface area contributed by atoms with Gasteiger partial charge in [0.25, 0.3) is 5.91 Å².